The van der Waals surface area contributed by atoms with Crippen molar-refractivity contribution in [3.8, 4) is 5.75 Å². The van der Waals surface area contributed by atoms with Gasteiger partial charge < -0.3 is 19.9 Å². The number of hydrogen-bond donors (Lipinski definition) is 1. The summed E-state index contributed by atoms with van der Waals surface area (Å²) >= 11 is 1.78. The number of thiophene rings is 1. The Hall–Kier alpha value is -2.42. The van der Waals surface area contributed by atoms with Crippen LogP contribution in [0.15, 0.2) is 36.4 Å². The highest BCUT2D eigenvalue weighted by Gasteiger charge is 2.42. The average Bonchev–Trinajstić information content (AvgIpc) is 3.47. The summed E-state index contributed by atoms with van der Waals surface area (Å²) in [4.78, 5) is 36.3. The number of carbonyl (C=O) groups is 2. The van der Waals surface area contributed by atoms with Crippen molar-refractivity contribution in [1.29, 1.82) is 0 Å². The lowest BCUT2D eigenvalue weighted by molar-refractivity contribution is -0.138. The van der Waals surface area contributed by atoms with Crippen molar-refractivity contribution in [1.82, 2.24) is 20.0 Å². The van der Waals surface area contributed by atoms with Crippen LogP contribution in [-0.2, 0) is 22.7 Å². The topological polar surface area (TPSA) is 65.1 Å². The predicted molar refractivity (Wildman–Crippen MR) is 149 cm³/mol. The Kier molecular flexibility index (Phi) is 8.93. The highest BCUT2D eigenvalue weighted by molar-refractivity contribution is 7.11. The summed E-state index contributed by atoms with van der Waals surface area (Å²) in [7, 11) is 1.66. The quantitative estimate of drug-likeness (QED) is 0.565. The van der Waals surface area contributed by atoms with E-state index in [-0.39, 0.29) is 29.3 Å². The molecular formula is C29H42N4O3S. The molecule has 1 aromatic heterocycles. The van der Waals surface area contributed by atoms with Gasteiger partial charge in [-0.25, -0.2) is 0 Å². The first-order valence-corrected chi connectivity index (χ1v) is 14.2. The van der Waals surface area contributed by atoms with Gasteiger partial charge in [0.1, 0.15) is 5.75 Å². The molecule has 7 nitrogen and oxygen atoms in total. The number of carbonyl (C=O) groups excluding carboxylic acids is 2. The van der Waals surface area contributed by atoms with Gasteiger partial charge in [-0.3, -0.25) is 14.5 Å². The summed E-state index contributed by atoms with van der Waals surface area (Å²) in [6.07, 6.45) is 1.13. The van der Waals surface area contributed by atoms with Gasteiger partial charge in [0.25, 0.3) is 0 Å². The summed E-state index contributed by atoms with van der Waals surface area (Å²) in [6, 6.07) is 12.0. The van der Waals surface area contributed by atoms with Gasteiger partial charge in [-0.1, -0.05) is 32.9 Å². The van der Waals surface area contributed by atoms with Gasteiger partial charge in [-0.15, -0.1) is 11.3 Å². The minimum atomic E-state index is -0.222. The number of hydrogen-bond acceptors (Lipinski definition) is 6. The molecule has 2 saturated heterocycles. The van der Waals surface area contributed by atoms with E-state index in [1.54, 1.807) is 18.4 Å². The van der Waals surface area contributed by atoms with Crippen molar-refractivity contribution in [2.45, 2.75) is 65.7 Å². The highest BCUT2D eigenvalue weighted by atomic mass is 32.1. The number of amides is 2. The van der Waals surface area contributed by atoms with Gasteiger partial charge in [0, 0.05) is 68.0 Å². The molecular weight excluding hydrogens is 484 g/mol. The lowest BCUT2D eigenvalue weighted by Gasteiger charge is -2.32. The molecule has 0 saturated carbocycles. The van der Waals surface area contributed by atoms with Crippen molar-refractivity contribution in [2.24, 2.45) is 5.41 Å². The third-order valence-corrected chi connectivity index (χ3v) is 8.17. The molecule has 1 aromatic carbocycles. The fourth-order valence-corrected chi connectivity index (χ4v) is 6.26. The van der Waals surface area contributed by atoms with E-state index in [0.717, 1.165) is 44.0 Å². The van der Waals surface area contributed by atoms with Gasteiger partial charge >= 0.3 is 0 Å². The maximum Gasteiger partial charge on any atom is 0.240 e. The smallest absolute Gasteiger partial charge is 0.240 e. The number of ether oxygens (including phenoxy) is 1. The van der Waals surface area contributed by atoms with E-state index in [1.807, 2.05) is 34.1 Å². The summed E-state index contributed by atoms with van der Waals surface area (Å²) < 4.78 is 5.44. The minimum Gasteiger partial charge on any atom is -0.497 e. The van der Waals surface area contributed by atoms with E-state index < -0.39 is 0 Å². The number of methoxy groups -OCH3 is 1. The van der Waals surface area contributed by atoms with Crippen LogP contribution in [0.1, 0.15) is 48.9 Å². The molecule has 3 heterocycles. The Morgan fingerprint density at radius 3 is 2.57 bits per heavy atom. The van der Waals surface area contributed by atoms with E-state index in [0.29, 0.717) is 25.9 Å². The van der Waals surface area contributed by atoms with Crippen LogP contribution >= 0.6 is 11.3 Å². The van der Waals surface area contributed by atoms with Gasteiger partial charge in [0.2, 0.25) is 11.8 Å². The molecule has 2 atom stereocenters. The van der Waals surface area contributed by atoms with Crippen LogP contribution < -0.4 is 10.1 Å². The molecule has 2 amide bonds. The number of nitrogens with zero attached hydrogens (tertiary/aromatic N) is 3. The number of aryl methyl sites for hydroxylation is 1. The van der Waals surface area contributed by atoms with Crippen molar-refractivity contribution < 1.29 is 14.3 Å². The van der Waals surface area contributed by atoms with Crippen molar-refractivity contribution in [3.05, 3.63) is 51.7 Å². The molecule has 0 radical (unpaired) electrons. The standard InChI is InChI=1S/C29H42N4O3S/c1-21-9-10-25(37-21)20-32-19-23(16-26(32)28(35)31-13-11-30-12-14-31)33(27(34)17-29(2,3)4)18-22-7-6-8-24(15-22)36-5/h6-10,15,23,26,30H,11-14,16-20H2,1-5H3. The van der Waals surface area contributed by atoms with Crippen molar-refractivity contribution >= 4 is 23.2 Å². The fraction of sp³-hybridized carbons (Fsp3) is 0.586. The summed E-state index contributed by atoms with van der Waals surface area (Å²) in [6.45, 7) is 13.5. The SMILES string of the molecule is COc1cccc(CN(C(=O)CC(C)(C)C)C2CC(C(=O)N3CCNCC3)N(Cc3ccc(C)s3)C2)c1. The Bertz CT molecular complexity index is 1070. The molecule has 4 rings (SSSR count). The first-order valence-electron chi connectivity index (χ1n) is 13.3. The van der Waals surface area contributed by atoms with Crippen LogP contribution in [0.4, 0.5) is 0 Å². The van der Waals surface area contributed by atoms with E-state index in [1.165, 1.54) is 9.75 Å². The lowest BCUT2D eigenvalue weighted by atomic mass is 9.91. The second kappa shape index (κ2) is 12.0. The fourth-order valence-electron chi connectivity index (χ4n) is 5.35. The molecule has 8 heteroatoms. The number of benzene rings is 1. The third kappa shape index (κ3) is 7.33. The monoisotopic (exact) mass is 526 g/mol. The number of rotatable bonds is 8. The molecule has 2 unspecified atom stereocenters. The molecule has 2 fully saturated rings. The molecule has 202 valence electrons. The Morgan fingerprint density at radius 2 is 1.92 bits per heavy atom. The van der Waals surface area contributed by atoms with Gasteiger partial charge in [0.15, 0.2) is 0 Å². The first kappa shape index (κ1) is 27.6. The van der Waals surface area contributed by atoms with Crippen molar-refractivity contribution in [3.63, 3.8) is 0 Å². The first-order chi connectivity index (χ1) is 17.6. The minimum absolute atomic E-state index is 0.0287. The zero-order chi connectivity index (χ0) is 26.6. The van der Waals surface area contributed by atoms with E-state index in [4.69, 9.17) is 4.74 Å². The van der Waals surface area contributed by atoms with Crippen LogP contribution in [0.25, 0.3) is 0 Å². The van der Waals surface area contributed by atoms with Crippen LogP contribution in [0, 0.1) is 12.3 Å². The Balaban J connectivity index is 1.60. The molecule has 0 aliphatic carbocycles. The highest BCUT2D eigenvalue weighted by Crippen LogP contribution is 2.31. The van der Waals surface area contributed by atoms with Crippen LogP contribution in [0.5, 0.6) is 5.75 Å². The maximum atomic E-state index is 13.8. The summed E-state index contributed by atoms with van der Waals surface area (Å²) in [5.74, 6) is 1.12. The van der Waals surface area contributed by atoms with Crippen molar-refractivity contribution in [2.75, 3.05) is 39.8 Å². The van der Waals surface area contributed by atoms with Gasteiger partial charge in [0.05, 0.1) is 13.2 Å². The van der Waals surface area contributed by atoms with E-state index >= 15 is 0 Å². The molecule has 2 aliphatic rings. The molecule has 2 aliphatic heterocycles. The molecule has 1 N–H and O–H groups in total. The number of likely N-dealkylation sites (tertiary alicyclic amines) is 1. The molecule has 37 heavy (non-hydrogen) atoms. The molecule has 2 aromatic rings. The second-order valence-electron chi connectivity index (χ2n) is 11.5. The maximum absolute atomic E-state index is 13.8. The Morgan fingerprint density at radius 1 is 1.16 bits per heavy atom. The van der Waals surface area contributed by atoms with Crippen LogP contribution in [0.2, 0.25) is 0 Å². The normalized spacial score (nSPS) is 20.7. The zero-order valence-corrected chi connectivity index (χ0v) is 23.8. The van der Waals surface area contributed by atoms with Crippen LogP contribution in [0.3, 0.4) is 0 Å². The zero-order valence-electron chi connectivity index (χ0n) is 23.0. The third-order valence-electron chi connectivity index (χ3n) is 7.18. The largest absolute Gasteiger partial charge is 0.497 e. The predicted octanol–water partition coefficient (Wildman–Crippen LogP) is 3.90. The Labute approximate surface area is 225 Å². The van der Waals surface area contributed by atoms with E-state index in [2.05, 4.69) is 50.0 Å². The average molecular weight is 527 g/mol. The molecule has 0 spiro atoms. The summed E-state index contributed by atoms with van der Waals surface area (Å²) in [5.41, 5.74) is 0.922. The van der Waals surface area contributed by atoms with E-state index in [9.17, 15) is 9.59 Å². The van der Waals surface area contributed by atoms with Gasteiger partial charge in [-0.2, -0.15) is 0 Å². The lowest BCUT2D eigenvalue weighted by Crippen LogP contribution is -2.52. The molecule has 0 bridgehead atoms. The van der Waals surface area contributed by atoms with Gasteiger partial charge in [-0.05, 0) is 48.6 Å². The number of piperazine rings is 1. The second-order valence-corrected chi connectivity index (χ2v) is 12.9. The number of nitrogens with one attached hydrogen (secondary N) is 1. The van der Waals surface area contributed by atoms with Crippen LogP contribution in [-0.4, -0.2) is 78.4 Å². The summed E-state index contributed by atoms with van der Waals surface area (Å²) in [5, 5.41) is 3.35.